The molecule has 0 aliphatic carbocycles. The van der Waals surface area contributed by atoms with Crippen molar-refractivity contribution < 1.29 is 9.21 Å². The van der Waals surface area contributed by atoms with Crippen LogP contribution >= 0.6 is 0 Å². The quantitative estimate of drug-likeness (QED) is 0.606. The summed E-state index contributed by atoms with van der Waals surface area (Å²) in [4.78, 5) is 12.3. The molecule has 0 aliphatic rings. The minimum Gasteiger partial charge on any atom is -0.451 e. The number of amides is 1. The normalized spacial score (nSPS) is 10.8. The van der Waals surface area contributed by atoms with Crippen molar-refractivity contribution in [2.45, 2.75) is 0 Å². The van der Waals surface area contributed by atoms with Crippen LogP contribution in [0.15, 0.2) is 59.0 Å². The molecule has 2 aromatic heterocycles. The zero-order valence-electron chi connectivity index (χ0n) is 11.9. The minimum absolute atomic E-state index is 0.260. The molecule has 0 atom stereocenters. The minimum atomic E-state index is -0.313. The highest BCUT2D eigenvalue weighted by molar-refractivity contribution is 6.04. The molecule has 0 saturated carbocycles. The Bertz CT molecular complexity index is 942. The number of carbonyl (C=O) groups excluding carboxylic acids is 1. The summed E-state index contributed by atoms with van der Waals surface area (Å²) in [7, 11) is 0. The van der Waals surface area contributed by atoms with E-state index in [0.29, 0.717) is 17.1 Å². The maximum absolute atomic E-state index is 12.3. The van der Waals surface area contributed by atoms with Gasteiger partial charge in [-0.25, -0.2) is 0 Å². The van der Waals surface area contributed by atoms with Crippen molar-refractivity contribution in [2.24, 2.45) is 0 Å². The lowest BCUT2D eigenvalue weighted by molar-refractivity contribution is 0.0998. The molecule has 112 valence electrons. The average molecular weight is 305 g/mol. The van der Waals surface area contributed by atoms with Gasteiger partial charge in [0.1, 0.15) is 5.58 Å². The number of aromatic amines is 1. The molecule has 4 rings (SSSR count). The standard InChI is InChI=1S/C16H11N5O2/c22-16(14-9-10-4-1-2-7-13(10)23-14)17-12-6-3-5-11(8-12)15-18-20-21-19-15/h1-9H,(H,17,22)(H,18,19,20,21). The number of tetrazole rings is 1. The molecular weight excluding hydrogens is 294 g/mol. The van der Waals surface area contributed by atoms with E-state index in [2.05, 4.69) is 25.9 Å². The van der Waals surface area contributed by atoms with Crippen LogP contribution in [0, 0.1) is 0 Å². The van der Waals surface area contributed by atoms with Crippen molar-refractivity contribution in [3.8, 4) is 11.4 Å². The van der Waals surface area contributed by atoms with Crippen LogP contribution in [-0.4, -0.2) is 26.5 Å². The van der Waals surface area contributed by atoms with Gasteiger partial charge in [-0.1, -0.05) is 30.3 Å². The fraction of sp³-hybridized carbons (Fsp3) is 0. The fourth-order valence-electron chi connectivity index (χ4n) is 2.31. The molecule has 0 fully saturated rings. The molecule has 2 aromatic carbocycles. The van der Waals surface area contributed by atoms with Crippen LogP contribution in [0.5, 0.6) is 0 Å². The van der Waals surface area contributed by atoms with Gasteiger partial charge in [0.05, 0.1) is 0 Å². The summed E-state index contributed by atoms with van der Waals surface area (Å²) in [5.74, 6) is 0.410. The number of fused-ring (bicyclic) bond motifs is 1. The maximum Gasteiger partial charge on any atom is 0.291 e. The van der Waals surface area contributed by atoms with Crippen molar-refractivity contribution in [1.29, 1.82) is 0 Å². The van der Waals surface area contributed by atoms with Crippen LogP contribution in [0.25, 0.3) is 22.4 Å². The van der Waals surface area contributed by atoms with E-state index in [0.717, 1.165) is 10.9 Å². The smallest absolute Gasteiger partial charge is 0.291 e. The topological polar surface area (TPSA) is 96.7 Å². The number of hydrogen-bond acceptors (Lipinski definition) is 5. The molecule has 7 nitrogen and oxygen atoms in total. The number of furan rings is 1. The Morgan fingerprint density at radius 1 is 1.09 bits per heavy atom. The van der Waals surface area contributed by atoms with Gasteiger partial charge in [0, 0.05) is 16.6 Å². The molecule has 0 bridgehead atoms. The van der Waals surface area contributed by atoms with Gasteiger partial charge in [-0.05, 0) is 29.5 Å². The van der Waals surface area contributed by atoms with Crippen molar-refractivity contribution in [2.75, 3.05) is 5.32 Å². The van der Waals surface area contributed by atoms with E-state index in [1.54, 1.807) is 24.3 Å². The van der Waals surface area contributed by atoms with Crippen molar-refractivity contribution in [3.05, 3.63) is 60.4 Å². The number of para-hydroxylation sites is 1. The molecule has 2 N–H and O–H groups in total. The van der Waals surface area contributed by atoms with Gasteiger partial charge >= 0.3 is 0 Å². The maximum atomic E-state index is 12.3. The van der Waals surface area contributed by atoms with Gasteiger partial charge in [0.2, 0.25) is 5.82 Å². The zero-order chi connectivity index (χ0) is 15.6. The molecule has 1 amide bonds. The number of aromatic nitrogens is 4. The number of H-pyrrole nitrogens is 1. The Kier molecular flexibility index (Phi) is 3.09. The Morgan fingerprint density at radius 3 is 2.83 bits per heavy atom. The number of hydrogen-bond donors (Lipinski definition) is 2. The van der Waals surface area contributed by atoms with Gasteiger partial charge in [-0.2, -0.15) is 5.21 Å². The van der Waals surface area contributed by atoms with Crippen LogP contribution < -0.4 is 5.32 Å². The summed E-state index contributed by atoms with van der Waals surface area (Å²) in [6.45, 7) is 0. The SMILES string of the molecule is O=C(Nc1cccc(-c2nn[nH]n2)c1)c1cc2ccccc2o1. The predicted octanol–water partition coefficient (Wildman–Crippen LogP) is 2.87. The van der Waals surface area contributed by atoms with E-state index in [1.165, 1.54) is 0 Å². The van der Waals surface area contributed by atoms with Crippen molar-refractivity contribution in [3.63, 3.8) is 0 Å². The number of nitrogens with zero attached hydrogens (tertiary/aromatic N) is 3. The lowest BCUT2D eigenvalue weighted by Crippen LogP contribution is -2.10. The molecule has 7 heteroatoms. The number of anilines is 1. The first kappa shape index (κ1) is 13.2. The van der Waals surface area contributed by atoms with Crippen molar-refractivity contribution in [1.82, 2.24) is 20.6 Å². The molecule has 0 radical (unpaired) electrons. The number of carbonyl (C=O) groups is 1. The third-order valence-electron chi connectivity index (χ3n) is 3.37. The number of rotatable bonds is 3. The summed E-state index contributed by atoms with van der Waals surface area (Å²) in [6.07, 6.45) is 0. The second kappa shape index (κ2) is 5.38. The number of nitrogens with one attached hydrogen (secondary N) is 2. The lowest BCUT2D eigenvalue weighted by Gasteiger charge is -2.04. The summed E-state index contributed by atoms with van der Waals surface area (Å²) < 4.78 is 5.55. The van der Waals surface area contributed by atoms with Gasteiger partial charge in [-0.3, -0.25) is 4.79 Å². The third kappa shape index (κ3) is 2.55. The second-order valence-electron chi connectivity index (χ2n) is 4.92. The van der Waals surface area contributed by atoms with Crippen LogP contribution in [0.1, 0.15) is 10.6 Å². The first-order valence-corrected chi connectivity index (χ1v) is 6.93. The summed E-state index contributed by atoms with van der Waals surface area (Å²) >= 11 is 0. The van der Waals surface area contributed by atoms with Gasteiger partial charge in [0.15, 0.2) is 5.76 Å². The van der Waals surface area contributed by atoms with E-state index in [-0.39, 0.29) is 11.7 Å². The molecule has 0 saturated heterocycles. The van der Waals surface area contributed by atoms with Gasteiger partial charge in [-0.15, -0.1) is 10.2 Å². The molecule has 0 unspecified atom stereocenters. The Balaban J connectivity index is 1.60. The molecule has 2 heterocycles. The highest BCUT2D eigenvalue weighted by atomic mass is 16.3. The molecule has 23 heavy (non-hydrogen) atoms. The highest BCUT2D eigenvalue weighted by Gasteiger charge is 2.13. The predicted molar refractivity (Wildman–Crippen MR) is 83.8 cm³/mol. The molecule has 0 spiro atoms. The lowest BCUT2D eigenvalue weighted by atomic mass is 10.2. The fourth-order valence-corrected chi connectivity index (χ4v) is 2.31. The van der Waals surface area contributed by atoms with E-state index in [9.17, 15) is 4.79 Å². The van der Waals surface area contributed by atoms with Gasteiger partial charge in [0.25, 0.3) is 5.91 Å². The van der Waals surface area contributed by atoms with E-state index in [1.807, 2.05) is 30.3 Å². The summed E-state index contributed by atoms with van der Waals surface area (Å²) in [5, 5.41) is 17.4. The first-order chi connectivity index (χ1) is 11.3. The van der Waals surface area contributed by atoms with E-state index in [4.69, 9.17) is 4.42 Å². The summed E-state index contributed by atoms with van der Waals surface area (Å²) in [5.41, 5.74) is 2.05. The zero-order valence-corrected chi connectivity index (χ0v) is 11.9. The van der Waals surface area contributed by atoms with Gasteiger partial charge < -0.3 is 9.73 Å². The third-order valence-corrected chi connectivity index (χ3v) is 3.37. The van der Waals surface area contributed by atoms with Crippen LogP contribution in [-0.2, 0) is 0 Å². The molecule has 4 aromatic rings. The second-order valence-corrected chi connectivity index (χ2v) is 4.92. The van der Waals surface area contributed by atoms with Crippen LogP contribution in [0.2, 0.25) is 0 Å². The van der Waals surface area contributed by atoms with E-state index >= 15 is 0 Å². The Labute approximate surface area is 130 Å². The largest absolute Gasteiger partial charge is 0.451 e. The highest BCUT2D eigenvalue weighted by Crippen LogP contribution is 2.22. The Hall–Kier alpha value is -3.48. The average Bonchev–Trinajstić information content (AvgIpc) is 3.24. The molecular formula is C16H11N5O2. The van der Waals surface area contributed by atoms with Crippen molar-refractivity contribution >= 4 is 22.6 Å². The Morgan fingerprint density at radius 2 is 2.00 bits per heavy atom. The summed E-state index contributed by atoms with van der Waals surface area (Å²) in [6, 6.07) is 16.4. The first-order valence-electron chi connectivity index (χ1n) is 6.93. The van der Waals surface area contributed by atoms with Crippen LogP contribution in [0.3, 0.4) is 0 Å². The number of benzene rings is 2. The van der Waals surface area contributed by atoms with Crippen LogP contribution in [0.4, 0.5) is 5.69 Å². The molecule has 0 aliphatic heterocycles. The van der Waals surface area contributed by atoms with E-state index < -0.39 is 0 Å². The monoisotopic (exact) mass is 305 g/mol.